The van der Waals surface area contributed by atoms with Crippen LogP contribution in [0.4, 0.5) is 5.69 Å². The fourth-order valence-electron chi connectivity index (χ4n) is 2.13. The maximum atomic E-state index is 12.5. The van der Waals surface area contributed by atoms with Gasteiger partial charge in [-0.3, -0.25) is 9.78 Å². The van der Waals surface area contributed by atoms with Gasteiger partial charge >= 0.3 is 5.76 Å². The van der Waals surface area contributed by atoms with Crippen molar-refractivity contribution in [3.63, 3.8) is 0 Å². The monoisotopic (exact) mass is 268 g/mol. The first-order valence-electron chi connectivity index (χ1n) is 6.08. The zero-order valence-electron chi connectivity index (χ0n) is 10.8. The van der Waals surface area contributed by atoms with Crippen LogP contribution in [0.1, 0.15) is 21.5 Å². The first-order valence-corrected chi connectivity index (χ1v) is 6.08. The van der Waals surface area contributed by atoms with Crippen LogP contribution in [-0.2, 0) is 0 Å². The maximum Gasteiger partial charge on any atom is 0.417 e. The summed E-state index contributed by atoms with van der Waals surface area (Å²) < 4.78 is 4.96. The number of carbonyl (C=O) groups excluding carboxylic acids is 1. The van der Waals surface area contributed by atoms with Crippen LogP contribution in [0.3, 0.4) is 0 Å². The molecule has 3 rings (SSSR count). The highest BCUT2D eigenvalue weighted by Gasteiger charge is 2.14. The zero-order chi connectivity index (χ0) is 14.3. The van der Waals surface area contributed by atoms with Gasteiger partial charge in [0.1, 0.15) is 0 Å². The molecule has 0 saturated carbocycles. The molecule has 5 heteroatoms. The molecule has 0 fully saturated rings. The average molecular weight is 268 g/mol. The van der Waals surface area contributed by atoms with Crippen molar-refractivity contribution in [3.05, 3.63) is 63.6 Å². The first-order chi connectivity index (χ1) is 9.54. The highest BCUT2D eigenvalue weighted by molar-refractivity contribution is 6.11. The summed E-state index contributed by atoms with van der Waals surface area (Å²) in [6.07, 6.45) is 0. The van der Waals surface area contributed by atoms with Gasteiger partial charge in [-0.15, -0.1) is 0 Å². The van der Waals surface area contributed by atoms with Gasteiger partial charge in [0, 0.05) is 16.8 Å². The molecule has 0 aliphatic carbocycles. The third kappa shape index (κ3) is 1.99. The number of fused-ring (bicyclic) bond motifs is 1. The molecule has 2 aromatic carbocycles. The Labute approximate surface area is 114 Å². The Hall–Kier alpha value is -2.82. The molecule has 1 aromatic heterocycles. The van der Waals surface area contributed by atoms with Crippen LogP contribution in [0.15, 0.2) is 45.6 Å². The number of benzene rings is 2. The normalized spacial score (nSPS) is 10.8. The van der Waals surface area contributed by atoms with Gasteiger partial charge in [0.05, 0.1) is 5.52 Å². The number of carbonyl (C=O) groups is 1. The summed E-state index contributed by atoms with van der Waals surface area (Å²) in [6, 6.07) is 10.1. The van der Waals surface area contributed by atoms with Crippen molar-refractivity contribution in [1.82, 2.24) is 4.98 Å². The van der Waals surface area contributed by atoms with Crippen LogP contribution < -0.4 is 11.5 Å². The van der Waals surface area contributed by atoms with E-state index in [1.165, 1.54) is 0 Å². The van der Waals surface area contributed by atoms with E-state index in [0.717, 1.165) is 5.56 Å². The molecule has 0 spiro atoms. The summed E-state index contributed by atoms with van der Waals surface area (Å²) >= 11 is 0. The summed E-state index contributed by atoms with van der Waals surface area (Å²) in [6.45, 7) is 1.85. The van der Waals surface area contributed by atoms with E-state index in [1.54, 1.807) is 36.4 Å². The number of aryl methyl sites for hydroxylation is 1. The molecule has 0 aliphatic rings. The third-order valence-electron chi connectivity index (χ3n) is 3.19. The number of oxazole rings is 1. The van der Waals surface area contributed by atoms with Crippen LogP contribution in [-0.4, -0.2) is 10.8 Å². The maximum absolute atomic E-state index is 12.5. The summed E-state index contributed by atoms with van der Waals surface area (Å²) in [4.78, 5) is 26.1. The Morgan fingerprint density at radius 2 is 2.00 bits per heavy atom. The number of ketones is 1. The minimum Gasteiger partial charge on any atom is -0.408 e. The van der Waals surface area contributed by atoms with Crippen molar-refractivity contribution < 1.29 is 9.21 Å². The Morgan fingerprint density at radius 1 is 1.20 bits per heavy atom. The molecule has 3 aromatic rings. The van der Waals surface area contributed by atoms with Gasteiger partial charge in [-0.05, 0) is 42.8 Å². The Morgan fingerprint density at radius 3 is 2.80 bits per heavy atom. The lowest BCUT2D eigenvalue weighted by Crippen LogP contribution is -2.04. The number of nitrogens with one attached hydrogen (secondary N) is 1. The van der Waals surface area contributed by atoms with Crippen LogP contribution in [0.5, 0.6) is 0 Å². The Balaban J connectivity index is 2.12. The highest BCUT2D eigenvalue weighted by atomic mass is 16.4. The van der Waals surface area contributed by atoms with Gasteiger partial charge < -0.3 is 10.2 Å². The van der Waals surface area contributed by atoms with Gasteiger partial charge in [0.25, 0.3) is 0 Å². The standard InChI is InChI=1S/C15H12N2O3/c1-8-2-4-10(16)7-11(8)14(18)9-3-5-12-13(6-9)20-15(19)17-12/h2-7H,16H2,1H3,(H,17,19). The van der Waals surface area contributed by atoms with E-state index in [0.29, 0.717) is 27.9 Å². The molecule has 100 valence electrons. The zero-order valence-corrected chi connectivity index (χ0v) is 10.8. The SMILES string of the molecule is Cc1ccc(N)cc1C(=O)c1ccc2[nH]c(=O)oc2c1. The third-order valence-corrected chi connectivity index (χ3v) is 3.19. The van der Waals surface area contributed by atoms with Crippen LogP contribution >= 0.6 is 0 Å². The summed E-state index contributed by atoms with van der Waals surface area (Å²) in [5, 5.41) is 0. The number of nitrogen functional groups attached to an aromatic ring is 1. The smallest absolute Gasteiger partial charge is 0.408 e. The van der Waals surface area contributed by atoms with E-state index in [1.807, 2.05) is 6.92 Å². The van der Waals surface area contributed by atoms with E-state index in [9.17, 15) is 9.59 Å². The number of hydrogen-bond acceptors (Lipinski definition) is 4. The molecule has 0 saturated heterocycles. The number of H-pyrrole nitrogens is 1. The molecule has 0 unspecified atom stereocenters. The fraction of sp³-hybridized carbons (Fsp3) is 0.0667. The predicted octanol–water partition coefficient (Wildman–Crippen LogP) is 2.24. The fourth-order valence-corrected chi connectivity index (χ4v) is 2.13. The summed E-state index contributed by atoms with van der Waals surface area (Å²) in [5.74, 6) is -0.690. The predicted molar refractivity (Wildman–Crippen MR) is 75.9 cm³/mol. The topological polar surface area (TPSA) is 89.1 Å². The van der Waals surface area contributed by atoms with E-state index in [4.69, 9.17) is 10.2 Å². The molecule has 0 radical (unpaired) electrons. The second-order valence-corrected chi connectivity index (χ2v) is 4.63. The number of rotatable bonds is 2. The molecule has 0 bridgehead atoms. The van der Waals surface area contributed by atoms with Crippen LogP contribution in [0, 0.1) is 6.92 Å². The second-order valence-electron chi connectivity index (χ2n) is 4.63. The number of nitrogens with two attached hydrogens (primary N) is 1. The lowest BCUT2D eigenvalue weighted by atomic mass is 9.98. The van der Waals surface area contributed by atoms with Gasteiger partial charge in [0.15, 0.2) is 11.4 Å². The largest absolute Gasteiger partial charge is 0.417 e. The second kappa shape index (κ2) is 4.38. The van der Waals surface area contributed by atoms with Crippen molar-refractivity contribution in [2.24, 2.45) is 0 Å². The van der Waals surface area contributed by atoms with E-state index in [2.05, 4.69) is 4.98 Å². The number of aromatic nitrogens is 1. The lowest BCUT2D eigenvalue weighted by Gasteiger charge is -2.06. The minimum atomic E-state index is -0.537. The molecule has 20 heavy (non-hydrogen) atoms. The van der Waals surface area contributed by atoms with Crippen molar-refractivity contribution in [1.29, 1.82) is 0 Å². The Bertz CT molecular complexity index is 874. The number of aromatic amines is 1. The van der Waals surface area contributed by atoms with Crippen molar-refractivity contribution >= 4 is 22.6 Å². The molecular formula is C15H12N2O3. The number of hydrogen-bond donors (Lipinski definition) is 2. The van der Waals surface area contributed by atoms with Crippen molar-refractivity contribution in [2.45, 2.75) is 6.92 Å². The Kier molecular flexibility index (Phi) is 2.68. The van der Waals surface area contributed by atoms with Gasteiger partial charge in [-0.1, -0.05) is 6.07 Å². The minimum absolute atomic E-state index is 0.152. The highest BCUT2D eigenvalue weighted by Crippen LogP contribution is 2.19. The van der Waals surface area contributed by atoms with Gasteiger partial charge in [-0.2, -0.15) is 0 Å². The molecule has 0 atom stereocenters. The molecule has 0 amide bonds. The van der Waals surface area contributed by atoms with Crippen LogP contribution in [0.2, 0.25) is 0 Å². The van der Waals surface area contributed by atoms with Crippen molar-refractivity contribution in [3.8, 4) is 0 Å². The van der Waals surface area contributed by atoms with E-state index < -0.39 is 5.76 Å². The quantitative estimate of drug-likeness (QED) is 0.551. The molecular weight excluding hydrogens is 256 g/mol. The van der Waals surface area contributed by atoms with Gasteiger partial charge in [-0.25, -0.2) is 4.79 Å². The lowest BCUT2D eigenvalue weighted by molar-refractivity contribution is 0.103. The molecule has 1 heterocycles. The average Bonchev–Trinajstić information content (AvgIpc) is 2.79. The molecule has 5 nitrogen and oxygen atoms in total. The molecule has 3 N–H and O–H groups in total. The first kappa shape index (κ1) is 12.2. The van der Waals surface area contributed by atoms with E-state index in [-0.39, 0.29) is 5.78 Å². The molecule has 0 aliphatic heterocycles. The summed E-state index contributed by atoms with van der Waals surface area (Å²) in [7, 11) is 0. The number of anilines is 1. The van der Waals surface area contributed by atoms with E-state index >= 15 is 0 Å². The van der Waals surface area contributed by atoms with Crippen LogP contribution in [0.25, 0.3) is 11.1 Å². The summed E-state index contributed by atoms with van der Waals surface area (Å²) in [5.41, 5.74) is 9.03. The van der Waals surface area contributed by atoms with Gasteiger partial charge in [0.2, 0.25) is 0 Å². The van der Waals surface area contributed by atoms with Crippen molar-refractivity contribution in [2.75, 3.05) is 5.73 Å².